The molecule has 1 aliphatic rings. The Bertz CT molecular complexity index is 1240. The normalized spacial score (nSPS) is 17.2. The second kappa shape index (κ2) is 15.9. The minimum absolute atomic E-state index is 0.334. The number of phosphoric ester groups is 1. The van der Waals surface area contributed by atoms with E-state index in [1.54, 1.807) is 0 Å². The van der Waals surface area contributed by atoms with Crippen molar-refractivity contribution < 1.29 is 58.1 Å². The average Bonchev–Trinajstić information content (AvgIpc) is 2.95. The van der Waals surface area contributed by atoms with Gasteiger partial charge in [-0.05, 0) is 36.8 Å². The number of hydrogen-bond acceptors (Lipinski definition) is 9. The highest BCUT2D eigenvalue weighted by Crippen LogP contribution is 2.51. The average molecular weight is 637 g/mol. The maximum atomic E-state index is 13.1. The molecule has 3 rings (SSSR count). The molecule has 0 aliphatic heterocycles. The lowest BCUT2D eigenvalue weighted by Crippen LogP contribution is -2.51. The van der Waals surface area contributed by atoms with Gasteiger partial charge in [0.15, 0.2) is 0 Å². The third-order valence-corrected chi connectivity index (χ3v) is 8.57. The number of aliphatic carboxylic acids is 4. The van der Waals surface area contributed by atoms with Gasteiger partial charge in [0.1, 0.15) is 0 Å². The summed E-state index contributed by atoms with van der Waals surface area (Å²) in [5, 5.41) is 37.0. The molecule has 1 fully saturated rings. The smallest absolute Gasteiger partial charge is 0.472 e. The van der Waals surface area contributed by atoms with Crippen molar-refractivity contribution in [3.05, 3.63) is 71.8 Å². The van der Waals surface area contributed by atoms with Crippen LogP contribution in [0.4, 0.5) is 0 Å². The van der Waals surface area contributed by atoms with Gasteiger partial charge in [-0.25, -0.2) is 4.57 Å². The highest BCUT2D eigenvalue weighted by Gasteiger charge is 2.41. The molecule has 0 heterocycles. The van der Waals surface area contributed by atoms with E-state index in [1.807, 2.05) is 60.7 Å². The van der Waals surface area contributed by atoms with E-state index in [2.05, 4.69) is 0 Å². The number of rotatable bonds is 18. The lowest BCUT2D eigenvalue weighted by molar-refractivity contribution is -0.147. The highest BCUT2D eigenvalue weighted by molar-refractivity contribution is 7.47. The van der Waals surface area contributed by atoms with Crippen LogP contribution in [0.3, 0.4) is 0 Å². The maximum Gasteiger partial charge on any atom is 0.472 e. The van der Waals surface area contributed by atoms with Crippen molar-refractivity contribution >= 4 is 31.7 Å². The van der Waals surface area contributed by atoms with Crippen LogP contribution in [-0.2, 0) is 38.2 Å². The summed E-state index contributed by atoms with van der Waals surface area (Å²) in [5.41, 5.74) is 1.89. The van der Waals surface area contributed by atoms with Crippen LogP contribution >= 0.6 is 7.82 Å². The van der Waals surface area contributed by atoms with Crippen LogP contribution < -0.4 is 0 Å². The zero-order valence-corrected chi connectivity index (χ0v) is 24.8. The molecule has 1 unspecified atom stereocenters. The molecular weight excluding hydrogens is 599 g/mol. The SMILES string of the molecule is O=C(O)CN(CC(=O)O)C[C@H](COP(=O)(O)OC1CCC(c2ccccc2)(c2ccccc2)CC1)N(CC(=O)O)CC(=O)O. The van der Waals surface area contributed by atoms with Crippen molar-refractivity contribution in [1.82, 2.24) is 9.80 Å². The minimum atomic E-state index is -4.78. The van der Waals surface area contributed by atoms with E-state index in [-0.39, 0.29) is 5.41 Å². The molecule has 240 valence electrons. The van der Waals surface area contributed by atoms with Crippen molar-refractivity contribution in [3.63, 3.8) is 0 Å². The molecule has 2 aromatic rings. The standard InChI is InChI=1S/C29H37N2O12P/c32-25(33)16-30(17-26(34)35)15-23(31(18-27(36)37)19-28(38)39)20-42-44(40,41)43-24-11-13-29(14-12-24,21-7-3-1-4-8-21)22-9-5-2-6-10-22/h1-10,23-24H,11-20H2,(H,32,33)(H,34,35)(H,36,37)(H,38,39)(H,40,41)/t23-/m1/s1. The summed E-state index contributed by atoms with van der Waals surface area (Å²) in [4.78, 5) is 57.9. The van der Waals surface area contributed by atoms with Gasteiger partial charge < -0.3 is 25.3 Å². The molecule has 0 bridgehead atoms. The number of carboxylic acid groups (broad SMARTS) is 4. The Hall–Kier alpha value is -3.65. The first-order chi connectivity index (χ1) is 20.8. The van der Waals surface area contributed by atoms with Gasteiger partial charge >= 0.3 is 31.7 Å². The summed E-state index contributed by atoms with van der Waals surface area (Å²) in [7, 11) is -4.78. The summed E-state index contributed by atoms with van der Waals surface area (Å²) in [6.07, 6.45) is 1.39. The molecular formula is C29H37N2O12P. The van der Waals surface area contributed by atoms with Gasteiger partial charge in [0.05, 0.1) is 38.9 Å². The van der Waals surface area contributed by atoms with E-state index in [9.17, 15) is 49.1 Å². The number of benzene rings is 2. The van der Waals surface area contributed by atoms with Crippen molar-refractivity contribution in [1.29, 1.82) is 0 Å². The Morgan fingerprint density at radius 2 is 1.20 bits per heavy atom. The second-order valence-electron chi connectivity index (χ2n) is 10.7. The van der Waals surface area contributed by atoms with Gasteiger partial charge in [0.2, 0.25) is 0 Å². The third kappa shape index (κ3) is 10.5. The molecule has 0 amide bonds. The molecule has 15 heteroatoms. The fraction of sp³-hybridized carbons (Fsp3) is 0.448. The van der Waals surface area contributed by atoms with Crippen molar-refractivity contribution in [3.8, 4) is 0 Å². The van der Waals surface area contributed by atoms with E-state index < -0.39 is 83.2 Å². The summed E-state index contributed by atoms with van der Waals surface area (Å²) in [6.45, 7) is -4.44. The van der Waals surface area contributed by atoms with Gasteiger partial charge in [-0.1, -0.05) is 60.7 Å². The molecule has 5 N–H and O–H groups in total. The van der Waals surface area contributed by atoms with Crippen LogP contribution in [0.15, 0.2) is 60.7 Å². The Morgan fingerprint density at radius 3 is 1.61 bits per heavy atom. The molecule has 44 heavy (non-hydrogen) atoms. The molecule has 1 saturated carbocycles. The van der Waals surface area contributed by atoms with Crippen LogP contribution in [0, 0.1) is 0 Å². The molecule has 0 spiro atoms. The number of hydrogen-bond donors (Lipinski definition) is 5. The summed E-state index contributed by atoms with van der Waals surface area (Å²) in [6, 6.07) is 18.6. The third-order valence-electron chi connectivity index (χ3n) is 7.53. The van der Waals surface area contributed by atoms with E-state index >= 15 is 0 Å². The highest BCUT2D eigenvalue weighted by atomic mass is 31.2. The van der Waals surface area contributed by atoms with E-state index in [0.717, 1.165) is 20.9 Å². The number of carbonyl (C=O) groups is 4. The van der Waals surface area contributed by atoms with Gasteiger partial charge in [-0.15, -0.1) is 0 Å². The quantitative estimate of drug-likeness (QED) is 0.149. The molecule has 0 radical (unpaired) electrons. The summed E-state index contributed by atoms with van der Waals surface area (Å²) < 4.78 is 23.8. The van der Waals surface area contributed by atoms with Gasteiger partial charge in [0, 0.05) is 18.0 Å². The van der Waals surface area contributed by atoms with Gasteiger partial charge in [0.25, 0.3) is 0 Å². The molecule has 0 saturated heterocycles. The fourth-order valence-electron chi connectivity index (χ4n) is 5.65. The lowest BCUT2D eigenvalue weighted by Gasteiger charge is -2.41. The predicted octanol–water partition coefficient (Wildman–Crippen LogP) is 2.36. The first kappa shape index (κ1) is 34.8. The molecule has 14 nitrogen and oxygen atoms in total. The molecule has 2 aromatic carbocycles. The minimum Gasteiger partial charge on any atom is -0.480 e. The van der Waals surface area contributed by atoms with Gasteiger partial charge in [-0.3, -0.25) is 38.0 Å². The molecule has 1 aliphatic carbocycles. The second-order valence-corrected chi connectivity index (χ2v) is 12.1. The zero-order chi connectivity index (χ0) is 32.3. The Kier molecular flexibility index (Phi) is 12.6. The van der Waals surface area contributed by atoms with Crippen molar-refractivity contribution in [2.45, 2.75) is 43.2 Å². The summed E-state index contributed by atoms with van der Waals surface area (Å²) >= 11 is 0. The number of phosphoric acid groups is 1. The largest absolute Gasteiger partial charge is 0.480 e. The van der Waals surface area contributed by atoms with Crippen molar-refractivity contribution in [2.24, 2.45) is 0 Å². The molecule has 0 aromatic heterocycles. The fourth-order valence-corrected chi connectivity index (χ4v) is 6.66. The Balaban J connectivity index is 1.74. The van der Waals surface area contributed by atoms with Gasteiger partial charge in [-0.2, -0.15) is 0 Å². The van der Waals surface area contributed by atoms with Crippen LogP contribution in [0.2, 0.25) is 0 Å². The first-order valence-electron chi connectivity index (χ1n) is 13.9. The number of carboxylic acids is 4. The van der Waals surface area contributed by atoms with E-state index in [0.29, 0.717) is 25.7 Å². The Labute approximate surface area is 254 Å². The topological polar surface area (TPSA) is 211 Å². The van der Waals surface area contributed by atoms with Crippen LogP contribution in [0.25, 0.3) is 0 Å². The van der Waals surface area contributed by atoms with Crippen LogP contribution in [0.1, 0.15) is 36.8 Å². The van der Waals surface area contributed by atoms with Crippen LogP contribution in [0.5, 0.6) is 0 Å². The number of nitrogens with zero attached hydrogens (tertiary/aromatic N) is 2. The molecule has 2 atom stereocenters. The monoisotopic (exact) mass is 636 g/mol. The van der Waals surface area contributed by atoms with Crippen LogP contribution in [-0.4, -0.2) is 110 Å². The van der Waals surface area contributed by atoms with E-state index in [1.165, 1.54) is 0 Å². The van der Waals surface area contributed by atoms with E-state index in [4.69, 9.17) is 9.05 Å². The van der Waals surface area contributed by atoms with Crippen molar-refractivity contribution in [2.75, 3.05) is 39.3 Å². The zero-order valence-electron chi connectivity index (χ0n) is 23.9. The lowest BCUT2D eigenvalue weighted by atomic mass is 9.65. The predicted molar refractivity (Wildman–Crippen MR) is 155 cm³/mol. The maximum absolute atomic E-state index is 13.1. The Morgan fingerprint density at radius 1 is 0.773 bits per heavy atom. The summed E-state index contributed by atoms with van der Waals surface area (Å²) in [5.74, 6) is -5.62. The first-order valence-corrected chi connectivity index (χ1v) is 15.4.